The van der Waals surface area contributed by atoms with E-state index in [0.29, 0.717) is 6.54 Å². The van der Waals surface area contributed by atoms with Gasteiger partial charge in [-0.25, -0.2) is 0 Å². The Morgan fingerprint density at radius 3 is 2.94 bits per heavy atom. The van der Waals surface area contributed by atoms with Crippen LogP contribution in [0.15, 0.2) is 35.5 Å². The lowest BCUT2D eigenvalue weighted by molar-refractivity contribution is -0.122. The Kier molecular flexibility index (Phi) is 4.79. The van der Waals surface area contributed by atoms with Crippen molar-refractivity contribution in [3.63, 3.8) is 0 Å². The smallest absolute Gasteiger partial charge is 0.237 e. The van der Waals surface area contributed by atoms with Gasteiger partial charge in [0.05, 0.1) is 18.3 Å². The third kappa shape index (κ3) is 3.55. The Labute approximate surface area is 95.7 Å². The highest BCUT2D eigenvalue weighted by Crippen LogP contribution is 2.12. The Morgan fingerprint density at radius 1 is 1.62 bits per heavy atom. The van der Waals surface area contributed by atoms with E-state index in [-0.39, 0.29) is 18.0 Å². The molecule has 1 rings (SSSR count). The maximum atomic E-state index is 11.6. The highest BCUT2D eigenvalue weighted by Gasteiger charge is 2.16. The molecule has 0 radical (unpaired) electrons. The highest BCUT2D eigenvalue weighted by atomic mass is 16.3. The van der Waals surface area contributed by atoms with E-state index in [9.17, 15) is 4.79 Å². The van der Waals surface area contributed by atoms with Crippen molar-refractivity contribution >= 4 is 5.91 Å². The molecule has 0 fully saturated rings. The maximum Gasteiger partial charge on any atom is 0.237 e. The molecule has 4 heteroatoms. The number of hydrogen-bond acceptors (Lipinski definition) is 3. The van der Waals surface area contributed by atoms with Crippen LogP contribution in [0.5, 0.6) is 0 Å². The van der Waals surface area contributed by atoms with Crippen LogP contribution < -0.4 is 10.6 Å². The monoisotopic (exact) mass is 222 g/mol. The van der Waals surface area contributed by atoms with Crippen molar-refractivity contribution in [3.8, 4) is 0 Å². The second kappa shape index (κ2) is 6.12. The predicted molar refractivity (Wildman–Crippen MR) is 62.9 cm³/mol. The van der Waals surface area contributed by atoms with E-state index in [0.717, 1.165) is 5.76 Å². The van der Waals surface area contributed by atoms with Crippen LogP contribution in [0.25, 0.3) is 0 Å². The van der Waals surface area contributed by atoms with Crippen molar-refractivity contribution in [2.24, 2.45) is 0 Å². The molecule has 0 aliphatic carbocycles. The summed E-state index contributed by atoms with van der Waals surface area (Å²) in [6, 6.07) is 3.46. The van der Waals surface area contributed by atoms with Gasteiger partial charge in [-0.3, -0.25) is 10.1 Å². The van der Waals surface area contributed by atoms with E-state index < -0.39 is 0 Å². The minimum atomic E-state index is -0.264. The van der Waals surface area contributed by atoms with Crippen LogP contribution in [0.1, 0.15) is 25.6 Å². The summed E-state index contributed by atoms with van der Waals surface area (Å²) in [6.45, 7) is 7.80. The summed E-state index contributed by atoms with van der Waals surface area (Å²) < 4.78 is 5.25. The highest BCUT2D eigenvalue weighted by molar-refractivity contribution is 5.81. The fourth-order valence-electron chi connectivity index (χ4n) is 1.40. The van der Waals surface area contributed by atoms with Crippen LogP contribution >= 0.6 is 0 Å². The van der Waals surface area contributed by atoms with Crippen LogP contribution in [0.4, 0.5) is 0 Å². The average molecular weight is 222 g/mol. The van der Waals surface area contributed by atoms with Crippen LogP contribution in [0.3, 0.4) is 0 Å². The number of nitrogens with one attached hydrogen (secondary N) is 2. The molecule has 0 spiro atoms. The number of carbonyl (C=O) groups is 1. The van der Waals surface area contributed by atoms with E-state index in [1.165, 1.54) is 0 Å². The van der Waals surface area contributed by atoms with E-state index in [1.54, 1.807) is 12.3 Å². The SMILES string of the molecule is C=CCNC(=O)C(C)N[C@H](C)c1ccco1. The zero-order valence-corrected chi connectivity index (χ0v) is 9.69. The van der Waals surface area contributed by atoms with Gasteiger partial charge >= 0.3 is 0 Å². The van der Waals surface area contributed by atoms with E-state index >= 15 is 0 Å². The largest absolute Gasteiger partial charge is 0.468 e. The number of furan rings is 1. The number of carbonyl (C=O) groups excluding carboxylic acids is 1. The van der Waals surface area contributed by atoms with Crippen LogP contribution in [0.2, 0.25) is 0 Å². The van der Waals surface area contributed by atoms with E-state index in [4.69, 9.17) is 4.42 Å². The lowest BCUT2D eigenvalue weighted by atomic mass is 10.2. The molecule has 0 aromatic carbocycles. The third-order valence-electron chi connectivity index (χ3n) is 2.28. The van der Waals surface area contributed by atoms with Gasteiger partial charge in [0.1, 0.15) is 5.76 Å². The van der Waals surface area contributed by atoms with E-state index in [2.05, 4.69) is 17.2 Å². The van der Waals surface area contributed by atoms with Gasteiger partial charge in [-0.2, -0.15) is 0 Å². The zero-order chi connectivity index (χ0) is 12.0. The molecule has 4 nitrogen and oxygen atoms in total. The summed E-state index contributed by atoms with van der Waals surface area (Å²) in [5.74, 6) is 0.779. The van der Waals surface area contributed by atoms with Gasteiger partial charge in [0, 0.05) is 6.54 Å². The zero-order valence-electron chi connectivity index (χ0n) is 9.69. The molecule has 1 unspecified atom stereocenters. The molecular weight excluding hydrogens is 204 g/mol. The van der Waals surface area contributed by atoms with Gasteiger partial charge in [-0.1, -0.05) is 6.08 Å². The van der Waals surface area contributed by atoms with Crippen molar-refractivity contribution in [2.75, 3.05) is 6.54 Å². The summed E-state index contributed by atoms with van der Waals surface area (Å²) in [4.78, 5) is 11.6. The Balaban J connectivity index is 2.41. The molecule has 16 heavy (non-hydrogen) atoms. The Morgan fingerprint density at radius 2 is 2.38 bits per heavy atom. The van der Waals surface area contributed by atoms with Crippen molar-refractivity contribution in [1.29, 1.82) is 0 Å². The van der Waals surface area contributed by atoms with Gasteiger partial charge in [0.25, 0.3) is 0 Å². The molecule has 1 aromatic heterocycles. The van der Waals surface area contributed by atoms with Crippen molar-refractivity contribution in [3.05, 3.63) is 36.8 Å². The molecule has 2 atom stereocenters. The molecular formula is C12H18N2O2. The van der Waals surface area contributed by atoms with Gasteiger partial charge in [0.15, 0.2) is 0 Å². The predicted octanol–water partition coefficient (Wildman–Crippen LogP) is 1.62. The topological polar surface area (TPSA) is 54.3 Å². The minimum Gasteiger partial charge on any atom is -0.468 e. The number of amides is 1. The summed E-state index contributed by atoms with van der Waals surface area (Å²) in [5, 5.41) is 5.88. The second-order valence-corrected chi connectivity index (χ2v) is 3.66. The van der Waals surface area contributed by atoms with Crippen LogP contribution in [-0.2, 0) is 4.79 Å². The Bertz CT molecular complexity index is 333. The molecule has 0 bridgehead atoms. The summed E-state index contributed by atoms with van der Waals surface area (Å²) >= 11 is 0. The van der Waals surface area contributed by atoms with Crippen molar-refractivity contribution in [1.82, 2.24) is 10.6 Å². The first-order chi connectivity index (χ1) is 7.65. The fraction of sp³-hybridized carbons (Fsp3) is 0.417. The molecule has 88 valence electrons. The first kappa shape index (κ1) is 12.5. The third-order valence-corrected chi connectivity index (χ3v) is 2.28. The molecule has 0 saturated heterocycles. The maximum absolute atomic E-state index is 11.6. The lowest BCUT2D eigenvalue weighted by Crippen LogP contribution is -2.43. The summed E-state index contributed by atoms with van der Waals surface area (Å²) in [6.07, 6.45) is 3.27. The number of rotatable bonds is 6. The molecule has 2 N–H and O–H groups in total. The van der Waals surface area contributed by atoms with Gasteiger partial charge in [-0.15, -0.1) is 6.58 Å². The normalized spacial score (nSPS) is 14.1. The Hall–Kier alpha value is -1.55. The van der Waals surface area contributed by atoms with Crippen LogP contribution in [0, 0.1) is 0 Å². The summed E-state index contributed by atoms with van der Waals surface area (Å²) in [5.41, 5.74) is 0. The van der Waals surface area contributed by atoms with Gasteiger partial charge in [-0.05, 0) is 26.0 Å². The standard InChI is InChI=1S/C12H18N2O2/c1-4-7-13-12(15)10(3)14-9(2)11-6-5-8-16-11/h4-6,8-10,14H,1,7H2,2-3H3,(H,13,15)/t9-,10?/m1/s1. The molecule has 1 heterocycles. The minimum absolute atomic E-state index is 0.0134. The quantitative estimate of drug-likeness (QED) is 0.719. The van der Waals surface area contributed by atoms with Crippen molar-refractivity contribution in [2.45, 2.75) is 25.9 Å². The fourth-order valence-corrected chi connectivity index (χ4v) is 1.40. The molecule has 0 aliphatic rings. The molecule has 1 amide bonds. The molecule has 0 aliphatic heterocycles. The average Bonchev–Trinajstić information content (AvgIpc) is 2.79. The van der Waals surface area contributed by atoms with Gasteiger partial charge < -0.3 is 9.73 Å². The lowest BCUT2D eigenvalue weighted by Gasteiger charge is -2.17. The van der Waals surface area contributed by atoms with Gasteiger partial charge in [0.2, 0.25) is 5.91 Å². The van der Waals surface area contributed by atoms with Crippen LogP contribution in [-0.4, -0.2) is 18.5 Å². The summed E-state index contributed by atoms with van der Waals surface area (Å²) in [7, 11) is 0. The molecule has 0 saturated carbocycles. The van der Waals surface area contributed by atoms with Crippen molar-refractivity contribution < 1.29 is 9.21 Å². The first-order valence-electron chi connectivity index (χ1n) is 5.33. The number of hydrogen-bond donors (Lipinski definition) is 2. The molecule has 1 aromatic rings. The first-order valence-corrected chi connectivity index (χ1v) is 5.33. The second-order valence-electron chi connectivity index (χ2n) is 3.66. The van der Waals surface area contributed by atoms with E-state index in [1.807, 2.05) is 26.0 Å².